The topological polar surface area (TPSA) is 95.9 Å². The second kappa shape index (κ2) is 67.6. The van der Waals surface area contributed by atoms with E-state index in [0.717, 1.165) is 44.9 Å². The Hall–Kier alpha value is -1.92. The lowest BCUT2D eigenvalue weighted by atomic mass is 10.0. The molecule has 3 N–H and O–H groups in total. The molecule has 0 aliphatic carbocycles. The third-order valence-corrected chi connectivity index (χ3v) is 16.4. The van der Waals surface area contributed by atoms with E-state index in [1.807, 2.05) is 6.08 Å². The van der Waals surface area contributed by atoms with Gasteiger partial charge in [-0.05, 0) is 83.5 Å². The lowest BCUT2D eigenvalue weighted by Gasteiger charge is -2.20. The molecule has 0 aromatic heterocycles. The number of hydrogen-bond donors (Lipinski definition) is 3. The normalized spacial score (nSPS) is 12.7. The zero-order valence-electron chi connectivity index (χ0n) is 52.7. The monoisotopic (exact) mass is 1100 g/mol. The highest BCUT2D eigenvalue weighted by molar-refractivity contribution is 5.76. The van der Waals surface area contributed by atoms with E-state index in [4.69, 9.17) is 4.74 Å². The fourth-order valence-electron chi connectivity index (χ4n) is 11.0. The summed E-state index contributed by atoms with van der Waals surface area (Å²) >= 11 is 0. The summed E-state index contributed by atoms with van der Waals surface area (Å²) in [6, 6.07) is -0.627. The zero-order valence-corrected chi connectivity index (χ0v) is 52.7. The van der Waals surface area contributed by atoms with Crippen molar-refractivity contribution in [3.05, 3.63) is 36.5 Å². The molecule has 6 nitrogen and oxygen atoms in total. The van der Waals surface area contributed by atoms with E-state index in [1.54, 1.807) is 6.08 Å². The molecule has 0 aromatic rings. The van der Waals surface area contributed by atoms with Crippen LogP contribution in [0.2, 0.25) is 0 Å². The highest BCUT2D eigenvalue weighted by Gasteiger charge is 2.18. The van der Waals surface area contributed by atoms with Gasteiger partial charge in [-0.2, -0.15) is 0 Å². The highest BCUT2D eigenvalue weighted by Crippen LogP contribution is 2.18. The molecule has 0 bridgehead atoms. The van der Waals surface area contributed by atoms with Crippen LogP contribution in [0.25, 0.3) is 0 Å². The van der Waals surface area contributed by atoms with Crippen LogP contribution in [-0.4, -0.2) is 47.4 Å². The number of esters is 1. The maximum absolute atomic E-state index is 12.5. The van der Waals surface area contributed by atoms with Crippen LogP contribution >= 0.6 is 0 Å². The van der Waals surface area contributed by atoms with E-state index in [0.29, 0.717) is 19.4 Å². The van der Waals surface area contributed by atoms with E-state index in [-0.39, 0.29) is 18.5 Å². The van der Waals surface area contributed by atoms with Gasteiger partial charge in [0.1, 0.15) is 0 Å². The number of aliphatic hydroxyl groups is 2. The minimum atomic E-state index is -0.843. The standard InChI is InChI=1S/C72H137NO5/c1-3-5-7-9-11-13-15-17-18-19-35-38-41-44-48-52-56-60-64-70(75)69(68-74)73-71(76)65-61-57-53-49-45-42-39-36-33-31-29-27-25-23-21-20-22-24-26-28-30-32-34-37-40-43-47-51-55-59-63-67-78-72(77)66-62-58-54-50-46-16-14-12-10-8-6-4-2/h12,14,22,24,60,64,69-70,74-75H,3-11,13,15-21,23,25-59,61-63,65-68H2,1-2H3,(H,73,76)/b14-12-,24-22-,64-60+. The smallest absolute Gasteiger partial charge is 0.305 e. The number of hydrogen-bond acceptors (Lipinski definition) is 5. The van der Waals surface area contributed by atoms with Gasteiger partial charge in [-0.15, -0.1) is 0 Å². The number of amides is 1. The largest absolute Gasteiger partial charge is 0.466 e. The number of ether oxygens (including phenoxy) is 1. The maximum Gasteiger partial charge on any atom is 0.305 e. The predicted octanol–water partition coefficient (Wildman–Crippen LogP) is 22.7. The van der Waals surface area contributed by atoms with Gasteiger partial charge in [0.15, 0.2) is 0 Å². The summed E-state index contributed by atoms with van der Waals surface area (Å²) in [5.41, 5.74) is 0. The molecular formula is C72H137NO5. The molecule has 2 unspecified atom stereocenters. The fourth-order valence-corrected chi connectivity index (χ4v) is 11.0. The van der Waals surface area contributed by atoms with Gasteiger partial charge >= 0.3 is 5.97 Å². The molecule has 0 radical (unpaired) electrons. The molecule has 6 heteroatoms. The molecule has 460 valence electrons. The molecule has 0 saturated carbocycles. The summed E-state index contributed by atoms with van der Waals surface area (Å²) in [4.78, 5) is 24.5. The van der Waals surface area contributed by atoms with Crippen molar-refractivity contribution >= 4 is 11.9 Å². The first-order valence-corrected chi connectivity index (χ1v) is 35.3. The molecule has 1 amide bonds. The summed E-state index contributed by atoms with van der Waals surface area (Å²) in [5.74, 6) is -0.0554. The van der Waals surface area contributed by atoms with Crippen molar-refractivity contribution in [1.29, 1.82) is 0 Å². The zero-order chi connectivity index (χ0) is 56.4. The van der Waals surface area contributed by atoms with Crippen molar-refractivity contribution in [1.82, 2.24) is 5.32 Å². The first-order chi connectivity index (χ1) is 38.5. The Bertz CT molecular complexity index is 1260. The highest BCUT2D eigenvalue weighted by atomic mass is 16.5. The number of aliphatic hydroxyl groups excluding tert-OH is 2. The van der Waals surface area contributed by atoms with Crippen LogP contribution < -0.4 is 5.32 Å². The van der Waals surface area contributed by atoms with Gasteiger partial charge in [-0.3, -0.25) is 9.59 Å². The molecule has 0 saturated heterocycles. The number of rotatable bonds is 66. The van der Waals surface area contributed by atoms with Gasteiger partial charge in [0.25, 0.3) is 0 Å². The number of nitrogens with one attached hydrogen (secondary N) is 1. The number of allylic oxidation sites excluding steroid dienone is 5. The predicted molar refractivity (Wildman–Crippen MR) is 343 cm³/mol. The van der Waals surface area contributed by atoms with Crippen molar-refractivity contribution in [3.8, 4) is 0 Å². The van der Waals surface area contributed by atoms with Gasteiger partial charge in [0, 0.05) is 12.8 Å². The van der Waals surface area contributed by atoms with Crippen molar-refractivity contribution in [3.63, 3.8) is 0 Å². The third kappa shape index (κ3) is 63.3. The van der Waals surface area contributed by atoms with Crippen LogP contribution in [0, 0.1) is 0 Å². The van der Waals surface area contributed by atoms with E-state index >= 15 is 0 Å². The van der Waals surface area contributed by atoms with Crippen LogP contribution in [0.4, 0.5) is 0 Å². The number of unbranched alkanes of at least 4 members (excludes halogenated alkanes) is 51. The number of carbonyl (C=O) groups is 2. The Morgan fingerprint density at radius 3 is 0.936 bits per heavy atom. The number of carbonyl (C=O) groups excluding carboxylic acids is 2. The van der Waals surface area contributed by atoms with E-state index < -0.39 is 12.1 Å². The second-order valence-electron chi connectivity index (χ2n) is 24.2. The molecule has 0 aromatic carbocycles. The van der Waals surface area contributed by atoms with Crippen molar-refractivity contribution < 1.29 is 24.5 Å². The molecule has 0 aliphatic heterocycles. The average molecular weight is 1100 g/mol. The van der Waals surface area contributed by atoms with Crippen molar-refractivity contribution in [2.75, 3.05) is 13.2 Å². The Morgan fingerprint density at radius 1 is 0.346 bits per heavy atom. The summed E-state index contributed by atoms with van der Waals surface area (Å²) < 4.78 is 5.47. The maximum atomic E-state index is 12.5. The van der Waals surface area contributed by atoms with E-state index in [1.165, 1.54) is 315 Å². The molecular weight excluding hydrogens is 959 g/mol. The molecule has 0 fully saturated rings. The third-order valence-electron chi connectivity index (χ3n) is 16.4. The molecule has 0 spiro atoms. The van der Waals surface area contributed by atoms with Crippen LogP contribution in [0.5, 0.6) is 0 Å². The quantitative estimate of drug-likeness (QED) is 0.0320. The summed E-state index contributed by atoms with van der Waals surface area (Å²) in [5, 5.41) is 23.2. The van der Waals surface area contributed by atoms with Gasteiger partial charge in [0.2, 0.25) is 5.91 Å². The molecule has 2 atom stereocenters. The first-order valence-electron chi connectivity index (χ1n) is 35.3. The van der Waals surface area contributed by atoms with E-state index in [2.05, 4.69) is 43.5 Å². The minimum absolute atomic E-state index is 0.00750. The Labute approximate surface area is 487 Å². The van der Waals surface area contributed by atoms with Crippen LogP contribution in [0.3, 0.4) is 0 Å². The molecule has 0 aliphatic rings. The molecule has 78 heavy (non-hydrogen) atoms. The SMILES string of the molecule is CCCCC/C=C\CCCCCCCC(=O)OCCCCCCCCCCCCCC/C=C\CCCCCCCCCCCCCCCCCC(=O)NC(CO)C(O)/C=C/CCCCCCCCCCCCCCCCCC. The van der Waals surface area contributed by atoms with Gasteiger partial charge in [-0.25, -0.2) is 0 Å². The molecule has 0 rings (SSSR count). The minimum Gasteiger partial charge on any atom is -0.466 e. The molecule has 0 heterocycles. The van der Waals surface area contributed by atoms with Crippen LogP contribution in [0.15, 0.2) is 36.5 Å². The fraction of sp³-hybridized carbons (Fsp3) is 0.889. The lowest BCUT2D eigenvalue weighted by molar-refractivity contribution is -0.143. The van der Waals surface area contributed by atoms with Gasteiger partial charge < -0.3 is 20.3 Å². The Balaban J connectivity index is 3.39. The second-order valence-corrected chi connectivity index (χ2v) is 24.2. The van der Waals surface area contributed by atoms with Gasteiger partial charge in [-0.1, -0.05) is 326 Å². The first kappa shape index (κ1) is 76.1. The Kier molecular flexibility index (Phi) is 65.9. The summed E-state index contributed by atoms with van der Waals surface area (Å²) in [7, 11) is 0. The summed E-state index contributed by atoms with van der Waals surface area (Å²) in [6.45, 7) is 4.91. The summed E-state index contributed by atoms with van der Waals surface area (Å²) in [6.07, 6.45) is 86.6. The van der Waals surface area contributed by atoms with Crippen molar-refractivity contribution in [2.45, 2.75) is 398 Å². The Morgan fingerprint density at radius 2 is 0.603 bits per heavy atom. The van der Waals surface area contributed by atoms with E-state index in [9.17, 15) is 19.8 Å². The van der Waals surface area contributed by atoms with Gasteiger partial charge in [0.05, 0.1) is 25.4 Å². The lowest BCUT2D eigenvalue weighted by Crippen LogP contribution is -2.45. The van der Waals surface area contributed by atoms with Crippen LogP contribution in [-0.2, 0) is 14.3 Å². The van der Waals surface area contributed by atoms with Crippen molar-refractivity contribution in [2.24, 2.45) is 0 Å². The van der Waals surface area contributed by atoms with Crippen LogP contribution in [0.1, 0.15) is 386 Å². The average Bonchev–Trinajstić information content (AvgIpc) is 3.44.